The number of hydrogen-bond donors (Lipinski definition) is 2. The highest BCUT2D eigenvalue weighted by atomic mass is 19.1. The Kier molecular flexibility index (Phi) is 9.19. The summed E-state index contributed by atoms with van der Waals surface area (Å²) in [5.74, 6) is -1.32. The molecule has 154 valence electrons. The average molecular weight is 392 g/mol. The molecule has 6 heteroatoms. The van der Waals surface area contributed by atoms with Gasteiger partial charge in [-0.3, -0.25) is 9.78 Å². The summed E-state index contributed by atoms with van der Waals surface area (Å²) < 4.78 is 25.8. The molecule has 2 rings (SSSR count). The second-order valence-corrected chi connectivity index (χ2v) is 7.78. The minimum atomic E-state index is -0.590. The third-order valence-electron chi connectivity index (χ3n) is 4.20. The van der Waals surface area contributed by atoms with Gasteiger partial charge in [0.2, 0.25) is 5.91 Å². The first-order chi connectivity index (χ1) is 13.0. The Morgan fingerprint density at radius 1 is 1.18 bits per heavy atom. The molecule has 4 nitrogen and oxygen atoms in total. The smallest absolute Gasteiger partial charge is 0.217 e. The predicted octanol–water partition coefficient (Wildman–Crippen LogP) is 4.26. The number of aromatic nitrogens is 1. The minimum absolute atomic E-state index is 0.0845. The van der Waals surface area contributed by atoms with E-state index in [0.717, 1.165) is 18.2 Å². The van der Waals surface area contributed by atoms with Crippen molar-refractivity contribution in [1.82, 2.24) is 10.3 Å². The number of nitrogens with one attached hydrogen (secondary N) is 1. The quantitative estimate of drug-likeness (QED) is 0.800. The van der Waals surface area contributed by atoms with Gasteiger partial charge in [0.15, 0.2) is 0 Å². The fourth-order valence-electron chi connectivity index (χ4n) is 2.65. The van der Waals surface area contributed by atoms with E-state index in [-0.39, 0.29) is 17.4 Å². The van der Waals surface area contributed by atoms with Gasteiger partial charge in [0.1, 0.15) is 11.6 Å². The Labute approximate surface area is 166 Å². The van der Waals surface area contributed by atoms with E-state index in [4.69, 9.17) is 5.73 Å². The van der Waals surface area contributed by atoms with Crippen molar-refractivity contribution < 1.29 is 13.6 Å². The van der Waals surface area contributed by atoms with Crippen molar-refractivity contribution in [3.8, 4) is 0 Å². The standard InChI is InChI=1S/C12H15F2NO.C10H16N2/c1-3-12(15-8(2)16)6-9-4-10(13)7-11(14)5-9;1-10(2,3)8-4-5-12-9(6-8)7-11/h4-5,7,12H,3,6H2,1-2H3,(H,15,16);4-6H,7,11H2,1-3H3/t12-;/m1./s1. The number of amides is 1. The van der Waals surface area contributed by atoms with Gasteiger partial charge in [-0.25, -0.2) is 8.78 Å². The molecule has 0 saturated heterocycles. The lowest BCUT2D eigenvalue weighted by Crippen LogP contribution is -2.34. The van der Waals surface area contributed by atoms with Crippen molar-refractivity contribution in [1.29, 1.82) is 0 Å². The number of carbonyl (C=O) groups is 1. The lowest BCUT2D eigenvalue weighted by molar-refractivity contribution is -0.119. The van der Waals surface area contributed by atoms with Crippen LogP contribution >= 0.6 is 0 Å². The van der Waals surface area contributed by atoms with Gasteiger partial charge >= 0.3 is 0 Å². The SMILES string of the molecule is CC(C)(C)c1ccnc(CN)c1.CC[C@H](Cc1cc(F)cc(F)c1)NC(C)=O. The second-order valence-electron chi connectivity index (χ2n) is 7.78. The fourth-order valence-corrected chi connectivity index (χ4v) is 2.65. The molecule has 28 heavy (non-hydrogen) atoms. The highest BCUT2D eigenvalue weighted by molar-refractivity contribution is 5.73. The van der Waals surface area contributed by atoms with Crippen LogP contribution in [-0.4, -0.2) is 16.9 Å². The molecule has 1 aromatic carbocycles. The number of carbonyl (C=O) groups excluding carboxylic acids is 1. The molecular formula is C22H31F2N3O. The first kappa shape index (κ1) is 23.7. The monoisotopic (exact) mass is 391 g/mol. The lowest BCUT2D eigenvalue weighted by Gasteiger charge is -2.18. The molecule has 0 aliphatic heterocycles. The molecule has 0 spiro atoms. The maximum atomic E-state index is 12.9. The van der Waals surface area contributed by atoms with Gasteiger partial charge in [-0.05, 0) is 53.6 Å². The summed E-state index contributed by atoms with van der Waals surface area (Å²) in [7, 11) is 0. The number of pyridine rings is 1. The van der Waals surface area contributed by atoms with Gasteiger partial charge in [0, 0.05) is 31.8 Å². The normalized spacial score (nSPS) is 12.0. The molecule has 0 aliphatic rings. The molecule has 3 N–H and O–H groups in total. The Hall–Kier alpha value is -2.34. The van der Waals surface area contributed by atoms with Crippen molar-refractivity contribution in [2.45, 2.75) is 65.5 Å². The number of rotatable bonds is 5. The summed E-state index contributed by atoms with van der Waals surface area (Å²) in [6.45, 7) is 10.4. The molecule has 0 bridgehead atoms. The van der Waals surface area contributed by atoms with E-state index in [2.05, 4.69) is 37.1 Å². The topological polar surface area (TPSA) is 68.0 Å². The van der Waals surface area contributed by atoms with Crippen LogP contribution in [0.3, 0.4) is 0 Å². The Bertz CT molecular complexity index is 752. The van der Waals surface area contributed by atoms with Crippen LogP contribution in [0, 0.1) is 11.6 Å². The summed E-state index contributed by atoms with van der Waals surface area (Å²) in [5, 5.41) is 2.73. The van der Waals surface area contributed by atoms with Crippen molar-refractivity contribution >= 4 is 5.91 Å². The number of nitrogens with two attached hydrogens (primary N) is 1. The molecular weight excluding hydrogens is 360 g/mol. The van der Waals surface area contributed by atoms with Crippen molar-refractivity contribution in [2.24, 2.45) is 5.73 Å². The minimum Gasteiger partial charge on any atom is -0.353 e. The van der Waals surface area contributed by atoms with Crippen LogP contribution in [0.4, 0.5) is 8.78 Å². The third-order valence-corrected chi connectivity index (χ3v) is 4.20. The first-order valence-electron chi connectivity index (χ1n) is 9.42. The number of hydrogen-bond acceptors (Lipinski definition) is 3. The fraction of sp³-hybridized carbons (Fsp3) is 0.455. The van der Waals surface area contributed by atoms with E-state index in [9.17, 15) is 13.6 Å². The molecule has 0 fully saturated rings. The third kappa shape index (κ3) is 8.57. The largest absolute Gasteiger partial charge is 0.353 e. The van der Waals surface area contributed by atoms with Crippen LogP contribution in [0.2, 0.25) is 0 Å². The molecule has 1 aromatic heterocycles. The van der Waals surface area contributed by atoms with Gasteiger partial charge in [0.25, 0.3) is 0 Å². The van der Waals surface area contributed by atoms with Crippen molar-refractivity contribution in [3.63, 3.8) is 0 Å². The highest BCUT2D eigenvalue weighted by Gasteiger charge is 2.13. The zero-order valence-corrected chi connectivity index (χ0v) is 17.4. The lowest BCUT2D eigenvalue weighted by atomic mass is 9.87. The van der Waals surface area contributed by atoms with E-state index in [1.165, 1.54) is 24.6 Å². The van der Waals surface area contributed by atoms with E-state index >= 15 is 0 Å². The van der Waals surface area contributed by atoms with E-state index in [1.807, 2.05) is 19.2 Å². The molecule has 0 aliphatic carbocycles. The van der Waals surface area contributed by atoms with Crippen LogP contribution in [0.1, 0.15) is 57.9 Å². The van der Waals surface area contributed by atoms with Crippen LogP contribution < -0.4 is 11.1 Å². The highest BCUT2D eigenvalue weighted by Crippen LogP contribution is 2.21. The van der Waals surface area contributed by atoms with Gasteiger partial charge in [0.05, 0.1) is 5.69 Å². The van der Waals surface area contributed by atoms with Gasteiger partial charge in [-0.15, -0.1) is 0 Å². The molecule has 1 atom stereocenters. The summed E-state index contributed by atoms with van der Waals surface area (Å²) in [6, 6.07) is 7.43. The van der Waals surface area contributed by atoms with Gasteiger partial charge < -0.3 is 11.1 Å². The number of nitrogens with zero attached hydrogens (tertiary/aromatic N) is 1. The van der Waals surface area contributed by atoms with Gasteiger partial charge in [-0.2, -0.15) is 0 Å². The Morgan fingerprint density at radius 2 is 1.79 bits per heavy atom. The molecule has 1 amide bonds. The first-order valence-corrected chi connectivity index (χ1v) is 9.42. The number of benzene rings is 1. The Morgan fingerprint density at radius 3 is 2.25 bits per heavy atom. The Balaban J connectivity index is 0.000000292. The summed E-state index contributed by atoms with van der Waals surface area (Å²) in [4.78, 5) is 15.0. The molecule has 0 saturated carbocycles. The maximum absolute atomic E-state index is 12.9. The van der Waals surface area contributed by atoms with Crippen LogP contribution in [-0.2, 0) is 23.2 Å². The molecule has 0 unspecified atom stereocenters. The van der Waals surface area contributed by atoms with Crippen molar-refractivity contribution in [2.75, 3.05) is 0 Å². The predicted molar refractivity (Wildman–Crippen MR) is 109 cm³/mol. The summed E-state index contributed by atoms with van der Waals surface area (Å²) in [5.41, 5.74) is 8.49. The number of halogens is 2. The molecule has 2 aromatic rings. The summed E-state index contributed by atoms with van der Waals surface area (Å²) in [6.07, 6.45) is 2.98. The van der Waals surface area contributed by atoms with Crippen molar-refractivity contribution in [3.05, 3.63) is 65.0 Å². The maximum Gasteiger partial charge on any atom is 0.217 e. The molecule has 1 heterocycles. The van der Waals surface area contributed by atoms with Gasteiger partial charge in [-0.1, -0.05) is 27.7 Å². The average Bonchev–Trinajstić information content (AvgIpc) is 2.59. The van der Waals surface area contributed by atoms with Crippen LogP contribution in [0.15, 0.2) is 36.5 Å². The van der Waals surface area contributed by atoms with E-state index in [0.29, 0.717) is 18.5 Å². The molecule has 0 radical (unpaired) electrons. The van der Waals surface area contributed by atoms with E-state index in [1.54, 1.807) is 0 Å². The van der Waals surface area contributed by atoms with E-state index < -0.39 is 11.6 Å². The van der Waals surface area contributed by atoms with Crippen LogP contribution in [0.5, 0.6) is 0 Å². The van der Waals surface area contributed by atoms with Crippen LogP contribution in [0.25, 0.3) is 0 Å². The second kappa shape index (κ2) is 10.9. The summed E-state index contributed by atoms with van der Waals surface area (Å²) >= 11 is 0. The zero-order chi connectivity index (χ0) is 21.3. The zero-order valence-electron chi connectivity index (χ0n) is 17.4.